The monoisotopic (exact) mass is 211 g/mol. The predicted octanol–water partition coefficient (Wildman–Crippen LogP) is 1.84. The minimum Gasteiger partial charge on any atom is -0.480 e. The third kappa shape index (κ3) is 4.17. The molecule has 0 saturated carbocycles. The third-order valence-corrected chi connectivity index (χ3v) is 1.49. The number of nitrogens with zero attached hydrogens (tertiary/aromatic N) is 3. The molecule has 0 bridgehead atoms. The average Bonchev–Trinajstić information content (AvgIpc) is 2.14. The fourth-order valence-electron chi connectivity index (χ4n) is 0.894. The summed E-state index contributed by atoms with van der Waals surface area (Å²) in [6.45, 7) is -0.251. The zero-order valence-corrected chi connectivity index (χ0v) is 8.09. The highest BCUT2D eigenvalue weighted by Crippen LogP contribution is 2.13. The van der Waals surface area contributed by atoms with Crippen molar-refractivity contribution in [3.05, 3.63) is 30.1 Å². The standard InChI is InChI=1S/C9H10FN3O2/c1-13(6-9(14)15)12-11-8-4-2-3-7(10)5-8/h2-5H,6H2,1H3,(H,14,15)/b12-11+. The second-order valence-corrected chi connectivity index (χ2v) is 2.88. The molecular formula is C9H10FN3O2. The molecule has 0 spiro atoms. The van der Waals surface area contributed by atoms with Crippen molar-refractivity contribution in [2.45, 2.75) is 0 Å². The molecule has 0 amide bonds. The number of rotatable bonds is 4. The van der Waals surface area contributed by atoms with E-state index in [-0.39, 0.29) is 6.54 Å². The van der Waals surface area contributed by atoms with Gasteiger partial charge in [-0.3, -0.25) is 9.80 Å². The zero-order chi connectivity index (χ0) is 11.3. The van der Waals surface area contributed by atoms with Gasteiger partial charge in [0, 0.05) is 13.1 Å². The van der Waals surface area contributed by atoms with Crippen molar-refractivity contribution in [3.8, 4) is 0 Å². The maximum atomic E-state index is 12.7. The van der Waals surface area contributed by atoms with Crippen molar-refractivity contribution in [3.63, 3.8) is 0 Å². The van der Waals surface area contributed by atoms with Crippen LogP contribution in [-0.4, -0.2) is 29.7 Å². The van der Waals surface area contributed by atoms with Gasteiger partial charge in [-0.2, -0.15) is 0 Å². The molecule has 0 atom stereocenters. The molecule has 0 saturated heterocycles. The molecule has 80 valence electrons. The van der Waals surface area contributed by atoms with Crippen molar-refractivity contribution < 1.29 is 14.3 Å². The summed E-state index contributed by atoms with van der Waals surface area (Å²) in [4.78, 5) is 10.3. The molecule has 15 heavy (non-hydrogen) atoms. The highest BCUT2D eigenvalue weighted by Gasteiger charge is 2.00. The molecule has 0 aliphatic rings. The van der Waals surface area contributed by atoms with Crippen LogP contribution in [0.2, 0.25) is 0 Å². The Morgan fingerprint density at radius 3 is 2.93 bits per heavy atom. The molecule has 0 radical (unpaired) electrons. The molecule has 1 aromatic carbocycles. The molecule has 1 N–H and O–H groups in total. The Balaban J connectivity index is 2.61. The maximum absolute atomic E-state index is 12.7. The number of carbonyl (C=O) groups is 1. The summed E-state index contributed by atoms with van der Waals surface area (Å²) >= 11 is 0. The van der Waals surface area contributed by atoms with Crippen LogP contribution in [0.25, 0.3) is 0 Å². The lowest BCUT2D eigenvalue weighted by atomic mass is 10.3. The average molecular weight is 211 g/mol. The van der Waals surface area contributed by atoms with Crippen LogP contribution >= 0.6 is 0 Å². The van der Waals surface area contributed by atoms with Crippen LogP contribution in [0.5, 0.6) is 0 Å². The Bertz CT molecular complexity index is 381. The first-order valence-corrected chi connectivity index (χ1v) is 4.18. The second-order valence-electron chi connectivity index (χ2n) is 2.88. The van der Waals surface area contributed by atoms with Gasteiger partial charge in [0.2, 0.25) is 0 Å². The molecule has 0 unspecified atom stereocenters. The third-order valence-electron chi connectivity index (χ3n) is 1.49. The quantitative estimate of drug-likeness (QED) is 0.610. The Kier molecular flexibility index (Phi) is 3.73. The van der Waals surface area contributed by atoms with Crippen LogP contribution in [0.15, 0.2) is 34.6 Å². The van der Waals surface area contributed by atoms with Gasteiger partial charge in [0.1, 0.15) is 12.4 Å². The van der Waals surface area contributed by atoms with Crippen LogP contribution in [0.3, 0.4) is 0 Å². The smallest absolute Gasteiger partial charge is 0.324 e. The highest BCUT2D eigenvalue weighted by atomic mass is 19.1. The molecule has 1 rings (SSSR count). The highest BCUT2D eigenvalue weighted by molar-refractivity contribution is 5.68. The van der Waals surface area contributed by atoms with E-state index in [9.17, 15) is 9.18 Å². The molecule has 0 aliphatic carbocycles. The summed E-state index contributed by atoms with van der Waals surface area (Å²) in [6.07, 6.45) is 0. The predicted molar refractivity (Wildman–Crippen MR) is 51.2 cm³/mol. The summed E-state index contributed by atoms with van der Waals surface area (Å²) in [6, 6.07) is 5.57. The largest absolute Gasteiger partial charge is 0.480 e. The Morgan fingerprint density at radius 1 is 1.60 bits per heavy atom. The van der Waals surface area contributed by atoms with Gasteiger partial charge in [0.15, 0.2) is 0 Å². The molecular weight excluding hydrogens is 201 g/mol. The Labute approximate surface area is 85.8 Å². The first-order valence-electron chi connectivity index (χ1n) is 4.18. The SMILES string of the molecule is CN(CC(=O)O)/N=N/c1cccc(F)c1. The lowest BCUT2D eigenvalue weighted by Crippen LogP contribution is -2.19. The summed E-state index contributed by atoms with van der Waals surface area (Å²) < 4.78 is 12.7. The summed E-state index contributed by atoms with van der Waals surface area (Å²) in [5.41, 5.74) is 0.340. The van der Waals surface area contributed by atoms with Crippen LogP contribution < -0.4 is 0 Å². The normalized spacial score (nSPS) is 10.5. The van der Waals surface area contributed by atoms with E-state index in [0.29, 0.717) is 5.69 Å². The molecule has 0 aromatic heterocycles. The summed E-state index contributed by atoms with van der Waals surface area (Å²) in [5, 5.41) is 16.8. The summed E-state index contributed by atoms with van der Waals surface area (Å²) in [7, 11) is 1.47. The van der Waals surface area contributed by atoms with Crippen molar-refractivity contribution >= 4 is 11.7 Å². The van der Waals surface area contributed by atoms with Gasteiger partial charge in [0.25, 0.3) is 0 Å². The number of halogens is 1. The summed E-state index contributed by atoms with van der Waals surface area (Å²) in [5.74, 6) is -1.41. The Hall–Kier alpha value is -1.98. The van der Waals surface area contributed by atoms with Gasteiger partial charge in [-0.15, -0.1) is 5.11 Å². The van der Waals surface area contributed by atoms with E-state index in [1.54, 1.807) is 6.07 Å². The van der Waals surface area contributed by atoms with Gasteiger partial charge in [-0.05, 0) is 12.1 Å². The fourth-order valence-corrected chi connectivity index (χ4v) is 0.894. The number of likely N-dealkylation sites (N-methyl/N-ethyl adjacent to an activating group) is 1. The molecule has 6 heteroatoms. The first kappa shape index (κ1) is 11.1. The van der Waals surface area contributed by atoms with Gasteiger partial charge >= 0.3 is 5.97 Å². The molecule has 1 aromatic rings. The van der Waals surface area contributed by atoms with E-state index in [0.717, 1.165) is 5.01 Å². The van der Waals surface area contributed by atoms with Gasteiger partial charge in [-0.25, -0.2) is 4.39 Å². The Morgan fingerprint density at radius 2 is 2.33 bits per heavy atom. The van der Waals surface area contributed by atoms with Crippen molar-refractivity contribution in [1.82, 2.24) is 5.01 Å². The lowest BCUT2D eigenvalue weighted by Gasteiger charge is -2.06. The van der Waals surface area contributed by atoms with Crippen LogP contribution in [0.1, 0.15) is 0 Å². The van der Waals surface area contributed by atoms with E-state index >= 15 is 0 Å². The van der Waals surface area contributed by atoms with E-state index in [4.69, 9.17) is 5.11 Å². The number of hydrogen-bond acceptors (Lipinski definition) is 3. The van der Waals surface area contributed by atoms with Crippen LogP contribution in [-0.2, 0) is 4.79 Å². The van der Waals surface area contributed by atoms with Crippen molar-refractivity contribution in [2.75, 3.05) is 13.6 Å². The minimum atomic E-state index is -1.00. The van der Waals surface area contributed by atoms with E-state index in [1.165, 1.54) is 25.2 Å². The van der Waals surface area contributed by atoms with Gasteiger partial charge in [0.05, 0.1) is 5.69 Å². The van der Waals surface area contributed by atoms with Crippen molar-refractivity contribution in [2.24, 2.45) is 10.3 Å². The minimum absolute atomic E-state index is 0.251. The zero-order valence-electron chi connectivity index (χ0n) is 8.09. The van der Waals surface area contributed by atoms with Crippen LogP contribution in [0.4, 0.5) is 10.1 Å². The van der Waals surface area contributed by atoms with E-state index < -0.39 is 11.8 Å². The topological polar surface area (TPSA) is 65.3 Å². The fraction of sp³-hybridized carbons (Fsp3) is 0.222. The number of hydrogen-bond donors (Lipinski definition) is 1. The van der Waals surface area contributed by atoms with Gasteiger partial charge < -0.3 is 5.11 Å². The molecule has 5 nitrogen and oxygen atoms in total. The molecule has 0 heterocycles. The maximum Gasteiger partial charge on any atom is 0.324 e. The number of carboxylic acid groups (broad SMARTS) is 1. The van der Waals surface area contributed by atoms with Gasteiger partial charge in [-0.1, -0.05) is 11.3 Å². The number of carboxylic acids is 1. The van der Waals surface area contributed by atoms with E-state index in [2.05, 4.69) is 10.3 Å². The van der Waals surface area contributed by atoms with E-state index in [1.807, 2.05) is 0 Å². The number of aliphatic carboxylic acids is 1. The second kappa shape index (κ2) is 5.04. The first-order chi connectivity index (χ1) is 7.08. The molecule has 0 fully saturated rings. The van der Waals surface area contributed by atoms with Crippen LogP contribution in [0, 0.1) is 5.82 Å². The lowest BCUT2D eigenvalue weighted by molar-refractivity contribution is -0.138. The van der Waals surface area contributed by atoms with Crippen molar-refractivity contribution in [1.29, 1.82) is 0 Å². The molecule has 0 aliphatic heterocycles. The number of benzene rings is 1.